The molecule has 18 heavy (non-hydrogen) atoms. The Hall–Kier alpha value is -2.22. The predicted molar refractivity (Wildman–Crippen MR) is 62.2 cm³/mol. The summed E-state index contributed by atoms with van der Waals surface area (Å²) in [7, 11) is 1.53. The Morgan fingerprint density at radius 2 is 2.33 bits per heavy atom. The number of methoxy groups -OCH3 is 1. The zero-order chi connectivity index (χ0) is 12.4. The lowest BCUT2D eigenvalue weighted by Gasteiger charge is -2.27. The Bertz CT molecular complexity index is 525. The lowest BCUT2D eigenvalue weighted by atomic mass is 10.2. The molecule has 2 aromatic heterocycles. The van der Waals surface area contributed by atoms with Crippen LogP contribution >= 0.6 is 0 Å². The molecule has 0 unspecified atom stereocenters. The van der Waals surface area contributed by atoms with Crippen LogP contribution in [-0.4, -0.2) is 51.7 Å². The van der Waals surface area contributed by atoms with E-state index in [-0.39, 0.29) is 6.04 Å². The van der Waals surface area contributed by atoms with Gasteiger partial charge in [-0.2, -0.15) is 20.4 Å². The number of hydrogen-bond donors (Lipinski definition) is 2. The highest BCUT2D eigenvalue weighted by Gasteiger charge is 2.21. The summed E-state index contributed by atoms with van der Waals surface area (Å²) in [6, 6.07) is 0.570. The van der Waals surface area contributed by atoms with Crippen molar-refractivity contribution in [3.8, 4) is 17.3 Å². The minimum Gasteiger partial charge on any atom is -0.467 e. The molecule has 0 saturated carbocycles. The topological polar surface area (TPSA) is 97.8 Å². The number of nitrogens with zero attached hydrogens (tertiary/aromatic N) is 4. The van der Waals surface area contributed by atoms with Gasteiger partial charge in [0.2, 0.25) is 0 Å². The van der Waals surface area contributed by atoms with Gasteiger partial charge in [0, 0.05) is 6.20 Å². The van der Waals surface area contributed by atoms with Crippen molar-refractivity contribution in [2.45, 2.75) is 6.04 Å². The summed E-state index contributed by atoms with van der Waals surface area (Å²) in [6.07, 6.45) is 3.28. The van der Waals surface area contributed by atoms with Crippen molar-refractivity contribution < 1.29 is 9.47 Å². The van der Waals surface area contributed by atoms with Crippen LogP contribution in [0.4, 0.5) is 5.82 Å². The van der Waals surface area contributed by atoms with Gasteiger partial charge in [-0.3, -0.25) is 0 Å². The van der Waals surface area contributed by atoms with Gasteiger partial charge in [0.05, 0.1) is 38.1 Å². The fourth-order valence-electron chi connectivity index (χ4n) is 1.61. The fraction of sp³-hybridized carbons (Fsp3) is 0.400. The van der Waals surface area contributed by atoms with Crippen LogP contribution in [0.25, 0.3) is 11.3 Å². The van der Waals surface area contributed by atoms with E-state index in [9.17, 15) is 0 Å². The van der Waals surface area contributed by atoms with E-state index < -0.39 is 0 Å². The molecule has 1 saturated heterocycles. The molecule has 3 heterocycles. The number of aromatic nitrogens is 5. The van der Waals surface area contributed by atoms with Gasteiger partial charge < -0.3 is 14.8 Å². The summed E-state index contributed by atoms with van der Waals surface area (Å²) in [5, 5.41) is 13.6. The molecule has 1 aliphatic heterocycles. The van der Waals surface area contributed by atoms with Crippen LogP contribution in [-0.2, 0) is 4.74 Å². The van der Waals surface area contributed by atoms with Crippen molar-refractivity contribution in [3.63, 3.8) is 0 Å². The predicted octanol–water partition coefficient (Wildman–Crippen LogP) is 0.0810. The third kappa shape index (κ3) is 1.97. The second kappa shape index (κ2) is 4.57. The molecule has 8 nitrogen and oxygen atoms in total. The lowest BCUT2D eigenvalue weighted by Crippen LogP contribution is -2.40. The Morgan fingerprint density at radius 3 is 2.94 bits per heavy atom. The van der Waals surface area contributed by atoms with Crippen LogP contribution in [0.3, 0.4) is 0 Å². The van der Waals surface area contributed by atoms with Crippen molar-refractivity contribution in [1.82, 2.24) is 25.4 Å². The van der Waals surface area contributed by atoms with E-state index in [1.165, 1.54) is 7.11 Å². The van der Waals surface area contributed by atoms with Gasteiger partial charge in [0.1, 0.15) is 11.5 Å². The highest BCUT2D eigenvalue weighted by atomic mass is 16.5. The summed E-state index contributed by atoms with van der Waals surface area (Å²) in [6.45, 7) is 1.34. The normalized spacial score (nSPS) is 15.2. The van der Waals surface area contributed by atoms with Crippen LogP contribution < -0.4 is 10.1 Å². The molecule has 1 fully saturated rings. The number of hydrogen-bond acceptors (Lipinski definition) is 7. The largest absolute Gasteiger partial charge is 0.467 e. The molecule has 0 aliphatic carbocycles. The summed E-state index contributed by atoms with van der Waals surface area (Å²) in [5.41, 5.74) is 1.46. The maximum absolute atomic E-state index is 5.12. The van der Waals surface area contributed by atoms with E-state index in [0.29, 0.717) is 30.7 Å². The third-order valence-electron chi connectivity index (χ3n) is 2.62. The van der Waals surface area contributed by atoms with Gasteiger partial charge in [0.15, 0.2) is 0 Å². The monoisotopic (exact) mass is 248 g/mol. The van der Waals surface area contributed by atoms with Gasteiger partial charge in [0.25, 0.3) is 0 Å². The third-order valence-corrected chi connectivity index (χ3v) is 2.62. The van der Waals surface area contributed by atoms with E-state index in [1.807, 2.05) is 0 Å². The Labute approximate surface area is 103 Å². The van der Waals surface area contributed by atoms with E-state index in [2.05, 4.69) is 30.7 Å². The Balaban J connectivity index is 1.95. The van der Waals surface area contributed by atoms with Gasteiger partial charge in [-0.25, -0.2) is 4.98 Å². The first-order chi connectivity index (χ1) is 8.86. The van der Waals surface area contributed by atoms with Crippen LogP contribution in [0.15, 0.2) is 12.4 Å². The SMILES string of the molecule is COc1ncc(-c2cn[nH]n2)c(NC2COC2)n1. The number of anilines is 1. The smallest absolute Gasteiger partial charge is 0.318 e. The second-order valence-corrected chi connectivity index (χ2v) is 3.85. The summed E-state index contributed by atoms with van der Waals surface area (Å²) >= 11 is 0. The standard InChI is InChI=1S/C10H12N6O2/c1-17-10-11-2-7(8-3-12-16-15-8)9(14-10)13-6-4-18-5-6/h2-3,6H,4-5H2,1H3,(H,11,13,14)(H,12,15,16). The minimum absolute atomic E-state index is 0.259. The molecule has 1 aliphatic rings. The van der Waals surface area contributed by atoms with Crippen molar-refractivity contribution in [3.05, 3.63) is 12.4 Å². The molecular formula is C10H12N6O2. The average molecular weight is 248 g/mol. The molecule has 0 radical (unpaired) electrons. The maximum Gasteiger partial charge on any atom is 0.318 e. The molecular weight excluding hydrogens is 236 g/mol. The Morgan fingerprint density at radius 1 is 1.44 bits per heavy atom. The number of ether oxygens (including phenoxy) is 2. The number of rotatable bonds is 4. The second-order valence-electron chi connectivity index (χ2n) is 3.85. The lowest BCUT2D eigenvalue weighted by molar-refractivity contribution is 0.0209. The molecule has 0 atom stereocenters. The molecule has 2 N–H and O–H groups in total. The maximum atomic E-state index is 5.12. The van der Waals surface area contributed by atoms with Crippen LogP contribution in [0.2, 0.25) is 0 Å². The molecule has 3 rings (SSSR count). The van der Waals surface area contributed by atoms with E-state index >= 15 is 0 Å². The molecule has 0 amide bonds. The van der Waals surface area contributed by atoms with Gasteiger partial charge in [-0.05, 0) is 0 Å². The van der Waals surface area contributed by atoms with Gasteiger partial charge in [-0.1, -0.05) is 0 Å². The van der Waals surface area contributed by atoms with Crippen LogP contribution in [0.5, 0.6) is 6.01 Å². The van der Waals surface area contributed by atoms with Gasteiger partial charge >= 0.3 is 6.01 Å². The van der Waals surface area contributed by atoms with E-state index in [4.69, 9.17) is 9.47 Å². The van der Waals surface area contributed by atoms with Crippen molar-refractivity contribution in [1.29, 1.82) is 0 Å². The van der Waals surface area contributed by atoms with Crippen molar-refractivity contribution in [2.75, 3.05) is 25.6 Å². The first-order valence-corrected chi connectivity index (χ1v) is 5.48. The fourth-order valence-corrected chi connectivity index (χ4v) is 1.61. The first-order valence-electron chi connectivity index (χ1n) is 5.48. The summed E-state index contributed by atoms with van der Waals surface area (Å²) in [4.78, 5) is 8.37. The highest BCUT2D eigenvalue weighted by molar-refractivity contribution is 5.71. The van der Waals surface area contributed by atoms with E-state index in [1.54, 1.807) is 12.4 Å². The van der Waals surface area contributed by atoms with Crippen molar-refractivity contribution >= 4 is 5.82 Å². The molecule has 94 valence electrons. The van der Waals surface area contributed by atoms with E-state index in [0.717, 1.165) is 5.56 Å². The highest BCUT2D eigenvalue weighted by Crippen LogP contribution is 2.26. The average Bonchev–Trinajstić information content (AvgIpc) is 2.87. The molecule has 2 aromatic rings. The number of H-pyrrole nitrogens is 1. The Kier molecular flexibility index (Phi) is 2.77. The van der Waals surface area contributed by atoms with Gasteiger partial charge in [-0.15, -0.1) is 0 Å². The summed E-state index contributed by atoms with van der Waals surface area (Å²) < 4.78 is 10.1. The van der Waals surface area contributed by atoms with Crippen molar-refractivity contribution in [2.24, 2.45) is 0 Å². The number of aromatic amines is 1. The quantitative estimate of drug-likeness (QED) is 0.790. The molecule has 8 heteroatoms. The zero-order valence-electron chi connectivity index (χ0n) is 9.75. The zero-order valence-corrected chi connectivity index (χ0v) is 9.75. The van der Waals surface area contributed by atoms with Crippen LogP contribution in [0.1, 0.15) is 0 Å². The van der Waals surface area contributed by atoms with Crippen LogP contribution in [0, 0.1) is 0 Å². The first kappa shape index (κ1) is 10.9. The minimum atomic E-state index is 0.259. The summed E-state index contributed by atoms with van der Waals surface area (Å²) in [5.74, 6) is 0.670. The molecule has 0 spiro atoms. The molecule has 0 aromatic carbocycles. The molecule has 0 bridgehead atoms. The number of nitrogens with one attached hydrogen (secondary N) is 2.